The van der Waals surface area contributed by atoms with Crippen LogP contribution in [0.2, 0.25) is 0 Å². The van der Waals surface area contributed by atoms with Crippen molar-refractivity contribution in [1.29, 1.82) is 0 Å². The molecule has 10 heteroatoms. The van der Waals surface area contributed by atoms with Crippen LogP contribution in [0, 0.1) is 5.82 Å². The standard InChI is InChI=1S/C18H17BF4N2O3/c20-13-5-4-10-7-14-12(9-24-25(14)15-3-1-2-6-28-15)17(19(26)27)16(10)11(13)8-18(21,22)23/h4-5,7,9,15,26-27H,1-3,6,8H2. The third-order valence-corrected chi connectivity index (χ3v) is 5.04. The highest BCUT2D eigenvalue weighted by Crippen LogP contribution is 2.32. The van der Waals surface area contributed by atoms with E-state index in [2.05, 4.69) is 5.10 Å². The van der Waals surface area contributed by atoms with Crippen LogP contribution >= 0.6 is 0 Å². The van der Waals surface area contributed by atoms with Crippen LogP contribution in [0.3, 0.4) is 0 Å². The average molecular weight is 396 g/mol. The molecular weight excluding hydrogens is 379 g/mol. The largest absolute Gasteiger partial charge is 0.489 e. The van der Waals surface area contributed by atoms with E-state index >= 15 is 0 Å². The summed E-state index contributed by atoms with van der Waals surface area (Å²) in [4.78, 5) is 0. The summed E-state index contributed by atoms with van der Waals surface area (Å²) in [6.45, 7) is 0.566. The average Bonchev–Trinajstić information content (AvgIpc) is 3.05. The minimum Gasteiger partial charge on any atom is -0.423 e. The normalized spacial score (nSPS) is 18.1. The van der Waals surface area contributed by atoms with Gasteiger partial charge in [0.05, 0.1) is 18.1 Å². The number of halogens is 4. The van der Waals surface area contributed by atoms with E-state index in [1.165, 1.54) is 12.3 Å². The van der Waals surface area contributed by atoms with Gasteiger partial charge in [-0.1, -0.05) is 6.07 Å². The first kappa shape index (κ1) is 19.2. The minimum absolute atomic E-state index is 0.149. The lowest BCUT2D eigenvalue weighted by Gasteiger charge is -2.24. The highest BCUT2D eigenvalue weighted by molar-refractivity contribution is 6.65. The number of nitrogens with zero attached hydrogens (tertiary/aromatic N) is 2. The van der Waals surface area contributed by atoms with Crippen LogP contribution in [0.25, 0.3) is 21.7 Å². The van der Waals surface area contributed by atoms with Crippen LogP contribution in [0.1, 0.15) is 31.1 Å². The molecule has 0 amide bonds. The molecular formula is C18H17BF4N2O3. The summed E-state index contributed by atoms with van der Waals surface area (Å²) in [6.07, 6.45) is -2.57. The summed E-state index contributed by atoms with van der Waals surface area (Å²) in [5, 5.41) is 24.5. The lowest BCUT2D eigenvalue weighted by Crippen LogP contribution is -2.32. The number of alkyl halides is 3. The Labute approximate surface area is 157 Å². The van der Waals surface area contributed by atoms with Crippen molar-refractivity contribution < 1.29 is 32.3 Å². The fourth-order valence-corrected chi connectivity index (χ4v) is 3.87. The maximum atomic E-state index is 14.3. The summed E-state index contributed by atoms with van der Waals surface area (Å²) in [5.41, 5.74) is -0.308. The van der Waals surface area contributed by atoms with E-state index in [-0.39, 0.29) is 27.8 Å². The molecule has 3 aromatic rings. The number of fused-ring (bicyclic) bond motifs is 2. The highest BCUT2D eigenvalue weighted by Gasteiger charge is 2.33. The van der Waals surface area contributed by atoms with Gasteiger partial charge in [-0.15, -0.1) is 0 Å². The van der Waals surface area contributed by atoms with Gasteiger partial charge in [0.1, 0.15) is 5.82 Å². The molecule has 1 fully saturated rings. The molecule has 1 aromatic heterocycles. The summed E-state index contributed by atoms with van der Waals surface area (Å²) < 4.78 is 60.6. The number of hydrogen-bond donors (Lipinski definition) is 2. The van der Waals surface area contributed by atoms with Crippen LogP contribution < -0.4 is 5.46 Å². The van der Waals surface area contributed by atoms with Crippen LogP contribution in [-0.2, 0) is 11.2 Å². The number of hydrogen-bond acceptors (Lipinski definition) is 4. The second-order valence-corrected chi connectivity index (χ2v) is 6.92. The van der Waals surface area contributed by atoms with Gasteiger partial charge in [-0.25, -0.2) is 9.07 Å². The van der Waals surface area contributed by atoms with Gasteiger partial charge in [-0.2, -0.15) is 18.3 Å². The van der Waals surface area contributed by atoms with Crippen molar-refractivity contribution in [1.82, 2.24) is 9.78 Å². The first-order chi connectivity index (χ1) is 13.3. The second kappa shape index (κ2) is 7.02. The van der Waals surface area contributed by atoms with Gasteiger partial charge >= 0.3 is 13.3 Å². The molecule has 1 unspecified atom stereocenters. The third-order valence-electron chi connectivity index (χ3n) is 5.04. The van der Waals surface area contributed by atoms with Crippen molar-refractivity contribution in [2.45, 2.75) is 38.1 Å². The maximum absolute atomic E-state index is 14.3. The molecule has 1 aliphatic rings. The maximum Gasteiger partial charge on any atom is 0.489 e. The van der Waals surface area contributed by atoms with Crippen LogP contribution in [-0.4, -0.2) is 39.7 Å². The van der Waals surface area contributed by atoms with E-state index in [0.29, 0.717) is 18.5 Å². The van der Waals surface area contributed by atoms with Crippen LogP contribution in [0.15, 0.2) is 24.4 Å². The molecule has 1 atom stereocenters. The van der Waals surface area contributed by atoms with E-state index in [0.717, 1.165) is 18.9 Å². The van der Waals surface area contributed by atoms with E-state index < -0.39 is 31.1 Å². The van der Waals surface area contributed by atoms with Crippen molar-refractivity contribution in [3.63, 3.8) is 0 Å². The van der Waals surface area contributed by atoms with Gasteiger partial charge in [-0.3, -0.25) is 0 Å². The minimum atomic E-state index is -4.65. The molecule has 0 spiro atoms. The predicted octanol–water partition coefficient (Wildman–Crippen LogP) is 2.81. The monoisotopic (exact) mass is 396 g/mol. The van der Waals surface area contributed by atoms with E-state index in [1.54, 1.807) is 10.7 Å². The Morgan fingerprint density at radius 3 is 2.68 bits per heavy atom. The highest BCUT2D eigenvalue weighted by atomic mass is 19.4. The molecule has 0 radical (unpaired) electrons. The van der Waals surface area contributed by atoms with Gasteiger partial charge in [0.15, 0.2) is 6.23 Å². The molecule has 0 saturated carbocycles. The zero-order valence-corrected chi connectivity index (χ0v) is 14.7. The molecule has 2 aromatic carbocycles. The quantitative estimate of drug-likeness (QED) is 0.528. The molecule has 2 heterocycles. The molecule has 2 N–H and O–H groups in total. The first-order valence-corrected chi connectivity index (χ1v) is 8.92. The summed E-state index contributed by atoms with van der Waals surface area (Å²) in [5.74, 6) is -1.05. The predicted molar refractivity (Wildman–Crippen MR) is 95.6 cm³/mol. The first-order valence-electron chi connectivity index (χ1n) is 8.92. The SMILES string of the molecule is OB(O)c1c2cnn(C3CCCCO3)c2cc2ccc(F)c(CC(F)(F)F)c12. The Kier molecular flexibility index (Phi) is 4.80. The number of ether oxygens (including phenoxy) is 1. The van der Waals surface area contributed by atoms with E-state index in [4.69, 9.17) is 4.74 Å². The molecule has 28 heavy (non-hydrogen) atoms. The van der Waals surface area contributed by atoms with Gasteiger partial charge in [-0.05, 0) is 42.2 Å². The van der Waals surface area contributed by atoms with Crippen molar-refractivity contribution in [3.05, 3.63) is 35.8 Å². The summed E-state index contributed by atoms with van der Waals surface area (Å²) in [7, 11) is -2.09. The fraction of sp³-hybridized carbons (Fsp3) is 0.389. The number of benzene rings is 2. The zero-order valence-electron chi connectivity index (χ0n) is 14.7. The third kappa shape index (κ3) is 3.36. The Balaban J connectivity index is 2.01. The molecule has 0 bridgehead atoms. The molecule has 148 valence electrons. The lowest BCUT2D eigenvalue weighted by molar-refractivity contribution is -0.127. The Morgan fingerprint density at radius 2 is 2.04 bits per heavy atom. The van der Waals surface area contributed by atoms with Gasteiger partial charge in [0.2, 0.25) is 0 Å². The number of rotatable bonds is 3. The number of aromatic nitrogens is 2. The van der Waals surface area contributed by atoms with Crippen LogP contribution in [0.5, 0.6) is 0 Å². The topological polar surface area (TPSA) is 67.5 Å². The van der Waals surface area contributed by atoms with Crippen molar-refractivity contribution in [2.24, 2.45) is 0 Å². The van der Waals surface area contributed by atoms with Gasteiger partial charge < -0.3 is 14.8 Å². The van der Waals surface area contributed by atoms with Gasteiger partial charge in [0, 0.05) is 23.0 Å². The molecule has 5 nitrogen and oxygen atoms in total. The van der Waals surface area contributed by atoms with Crippen molar-refractivity contribution in [3.8, 4) is 0 Å². The van der Waals surface area contributed by atoms with Crippen molar-refractivity contribution >= 4 is 34.3 Å². The van der Waals surface area contributed by atoms with Gasteiger partial charge in [0.25, 0.3) is 0 Å². The van der Waals surface area contributed by atoms with Crippen LogP contribution in [0.4, 0.5) is 17.6 Å². The molecule has 4 rings (SSSR count). The fourth-order valence-electron chi connectivity index (χ4n) is 3.87. The van der Waals surface area contributed by atoms with E-state index in [1.807, 2.05) is 0 Å². The lowest BCUT2D eigenvalue weighted by atomic mass is 9.73. The molecule has 1 saturated heterocycles. The smallest absolute Gasteiger partial charge is 0.423 e. The van der Waals surface area contributed by atoms with E-state index in [9.17, 15) is 27.6 Å². The summed E-state index contributed by atoms with van der Waals surface area (Å²) in [6, 6.07) is 3.87. The Bertz CT molecular complexity index is 1030. The Hall–Kier alpha value is -2.17. The van der Waals surface area contributed by atoms with Crippen molar-refractivity contribution in [2.75, 3.05) is 6.61 Å². The second-order valence-electron chi connectivity index (χ2n) is 6.92. The molecule has 0 aliphatic carbocycles. The zero-order chi connectivity index (χ0) is 20.1. The molecule has 1 aliphatic heterocycles. The Morgan fingerprint density at radius 1 is 1.25 bits per heavy atom. The summed E-state index contributed by atoms with van der Waals surface area (Å²) >= 11 is 0.